The lowest BCUT2D eigenvalue weighted by atomic mass is 9.75. The van der Waals surface area contributed by atoms with E-state index in [0.717, 1.165) is 19.3 Å². The van der Waals surface area contributed by atoms with Crippen LogP contribution in [0, 0.1) is 23.2 Å². The molecular formula is C16H30O6. The molecule has 0 aromatic heterocycles. The van der Waals surface area contributed by atoms with Crippen LogP contribution in [-0.4, -0.2) is 54.0 Å². The van der Waals surface area contributed by atoms with E-state index in [1.165, 1.54) is 0 Å². The second-order valence-corrected chi connectivity index (χ2v) is 7.00. The van der Waals surface area contributed by atoms with Gasteiger partial charge in [0.2, 0.25) is 0 Å². The summed E-state index contributed by atoms with van der Waals surface area (Å²) in [6.07, 6.45) is 2.03. The normalized spacial score (nSPS) is 26.0. The van der Waals surface area contributed by atoms with Crippen LogP contribution in [0.4, 0.5) is 4.79 Å². The molecule has 6 nitrogen and oxygen atoms in total. The molecule has 0 saturated heterocycles. The molecule has 0 aromatic rings. The van der Waals surface area contributed by atoms with Crippen molar-refractivity contribution in [3.05, 3.63) is 0 Å². The van der Waals surface area contributed by atoms with Gasteiger partial charge in [0.05, 0.1) is 25.2 Å². The van der Waals surface area contributed by atoms with Gasteiger partial charge in [0.25, 0.3) is 0 Å². The molecule has 0 spiro atoms. The van der Waals surface area contributed by atoms with Gasteiger partial charge in [-0.3, -0.25) is 0 Å². The van der Waals surface area contributed by atoms with Gasteiger partial charge in [0, 0.05) is 0 Å². The van der Waals surface area contributed by atoms with Crippen LogP contribution in [0.25, 0.3) is 0 Å². The molecule has 3 atom stereocenters. The number of hydrogen-bond acceptors (Lipinski definition) is 6. The minimum atomic E-state index is -1.23. The van der Waals surface area contributed by atoms with Crippen molar-refractivity contribution < 1.29 is 29.6 Å². The SMILES string of the molecule is CC1CCC(C(C)C)C(OC(=O)OCC(CO)(CO)CO)C1. The summed E-state index contributed by atoms with van der Waals surface area (Å²) in [4.78, 5) is 11.9. The molecule has 3 unspecified atom stereocenters. The first-order valence-electron chi connectivity index (χ1n) is 8.03. The maximum absolute atomic E-state index is 11.9. The van der Waals surface area contributed by atoms with Crippen molar-refractivity contribution in [1.29, 1.82) is 0 Å². The van der Waals surface area contributed by atoms with Crippen molar-refractivity contribution in [3.63, 3.8) is 0 Å². The third-order valence-corrected chi connectivity index (χ3v) is 4.71. The minimum Gasteiger partial charge on any atom is -0.433 e. The van der Waals surface area contributed by atoms with E-state index in [0.29, 0.717) is 17.8 Å². The molecule has 0 aromatic carbocycles. The van der Waals surface area contributed by atoms with Gasteiger partial charge in [-0.1, -0.05) is 27.2 Å². The lowest BCUT2D eigenvalue weighted by molar-refractivity contribution is -0.0721. The molecule has 1 aliphatic rings. The van der Waals surface area contributed by atoms with Crippen molar-refractivity contribution in [2.75, 3.05) is 26.4 Å². The van der Waals surface area contributed by atoms with Gasteiger partial charge in [-0.05, 0) is 30.6 Å². The Morgan fingerprint density at radius 2 is 1.77 bits per heavy atom. The van der Waals surface area contributed by atoms with Crippen molar-refractivity contribution in [3.8, 4) is 0 Å². The lowest BCUT2D eigenvalue weighted by Crippen LogP contribution is -2.41. The van der Waals surface area contributed by atoms with Crippen molar-refractivity contribution in [2.45, 2.75) is 46.1 Å². The fourth-order valence-electron chi connectivity index (χ4n) is 2.91. The zero-order chi connectivity index (χ0) is 16.8. The molecule has 3 N–H and O–H groups in total. The molecule has 1 rings (SSSR count). The Labute approximate surface area is 132 Å². The Morgan fingerprint density at radius 1 is 1.18 bits per heavy atom. The average molecular weight is 318 g/mol. The minimum absolute atomic E-state index is 0.164. The summed E-state index contributed by atoms with van der Waals surface area (Å²) in [7, 11) is 0. The van der Waals surface area contributed by atoms with E-state index >= 15 is 0 Å². The summed E-state index contributed by atoms with van der Waals surface area (Å²) >= 11 is 0. The molecule has 1 saturated carbocycles. The Kier molecular flexibility index (Phi) is 7.59. The van der Waals surface area contributed by atoms with Crippen molar-refractivity contribution in [2.24, 2.45) is 23.2 Å². The van der Waals surface area contributed by atoms with E-state index in [2.05, 4.69) is 20.8 Å². The topological polar surface area (TPSA) is 96.2 Å². The zero-order valence-corrected chi connectivity index (χ0v) is 13.8. The standard InChI is InChI=1S/C16H30O6/c1-11(2)13-5-4-12(3)6-14(13)22-15(20)21-10-16(7-17,8-18)9-19/h11-14,17-19H,4-10H2,1-3H3. The number of aliphatic hydroxyl groups excluding tert-OH is 3. The molecular weight excluding hydrogens is 288 g/mol. The Balaban J connectivity index is 2.55. The van der Waals surface area contributed by atoms with Crippen molar-refractivity contribution in [1.82, 2.24) is 0 Å². The Bertz CT molecular complexity index is 331. The fraction of sp³-hybridized carbons (Fsp3) is 0.938. The summed E-state index contributed by atoms with van der Waals surface area (Å²) < 4.78 is 10.5. The number of carbonyl (C=O) groups is 1. The molecule has 0 radical (unpaired) electrons. The summed E-state index contributed by atoms with van der Waals surface area (Å²) in [6, 6.07) is 0. The van der Waals surface area contributed by atoms with E-state index in [1.807, 2.05) is 0 Å². The molecule has 22 heavy (non-hydrogen) atoms. The molecule has 1 aliphatic carbocycles. The first-order chi connectivity index (χ1) is 10.4. The van der Waals surface area contributed by atoms with Gasteiger partial charge in [0.15, 0.2) is 0 Å². The summed E-state index contributed by atoms with van der Waals surface area (Å²) in [5.41, 5.74) is -1.23. The Morgan fingerprint density at radius 3 is 2.27 bits per heavy atom. The van der Waals surface area contributed by atoms with Crippen LogP contribution in [0.2, 0.25) is 0 Å². The second kappa shape index (κ2) is 8.70. The highest BCUT2D eigenvalue weighted by Crippen LogP contribution is 2.35. The molecule has 1 fully saturated rings. The smallest absolute Gasteiger partial charge is 0.433 e. The van der Waals surface area contributed by atoms with Gasteiger partial charge in [-0.2, -0.15) is 0 Å². The number of rotatable bonds is 7. The van der Waals surface area contributed by atoms with E-state index in [1.54, 1.807) is 0 Å². The van der Waals surface area contributed by atoms with E-state index in [9.17, 15) is 20.1 Å². The third-order valence-electron chi connectivity index (χ3n) is 4.71. The number of hydrogen-bond donors (Lipinski definition) is 3. The fourth-order valence-corrected chi connectivity index (χ4v) is 2.91. The van der Waals surface area contributed by atoms with Crippen LogP contribution in [-0.2, 0) is 9.47 Å². The second-order valence-electron chi connectivity index (χ2n) is 7.00. The highest BCUT2D eigenvalue weighted by Gasteiger charge is 2.35. The van der Waals surface area contributed by atoms with Gasteiger partial charge in [-0.15, -0.1) is 0 Å². The maximum atomic E-state index is 11.9. The highest BCUT2D eigenvalue weighted by molar-refractivity contribution is 5.60. The van der Waals surface area contributed by atoms with Gasteiger partial charge in [0.1, 0.15) is 12.7 Å². The van der Waals surface area contributed by atoms with Gasteiger partial charge >= 0.3 is 6.16 Å². The first kappa shape index (κ1) is 19.2. The number of ether oxygens (including phenoxy) is 2. The first-order valence-corrected chi connectivity index (χ1v) is 8.03. The number of aliphatic hydroxyl groups is 3. The lowest BCUT2D eigenvalue weighted by Gasteiger charge is -2.36. The van der Waals surface area contributed by atoms with Gasteiger partial charge in [-0.25, -0.2) is 4.79 Å². The van der Waals surface area contributed by atoms with E-state index < -0.39 is 31.4 Å². The molecule has 0 aliphatic heterocycles. The zero-order valence-electron chi connectivity index (χ0n) is 13.8. The predicted molar refractivity (Wildman–Crippen MR) is 81.3 cm³/mol. The summed E-state index contributed by atoms with van der Waals surface area (Å²) in [6.45, 7) is 4.71. The maximum Gasteiger partial charge on any atom is 0.508 e. The van der Waals surface area contributed by atoms with Crippen LogP contribution < -0.4 is 0 Å². The molecule has 6 heteroatoms. The van der Waals surface area contributed by atoms with E-state index in [4.69, 9.17) is 9.47 Å². The molecule has 0 bridgehead atoms. The van der Waals surface area contributed by atoms with Crippen LogP contribution in [0.3, 0.4) is 0 Å². The highest BCUT2D eigenvalue weighted by atomic mass is 16.7. The monoisotopic (exact) mass is 318 g/mol. The predicted octanol–water partition coefficient (Wildman–Crippen LogP) is 1.56. The Hall–Kier alpha value is -0.850. The van der Waals surface area contributed by atoms with E-state index in [-0.39, 0.29) is 12.7 Å². The third kappa shape index (κ3) is 5.11. The van der Waals surface area contributed by atoms with Crippen molar-refractivity contribution >= 4 is 6.16 Å². The largest absolute Gasteiger partial charge is 0.508 e. The van der Waals surface area contributed by atoms with Gasteiger partial charge < -0.3 is 24.8 Å². The summed E-state index contributed by atoms with van der Waals surface area (Å²) in [5, 5.41) is 27.6. The molecule has 0 heterocycles. The molecule has 0 amide bonds. The van der Waals surface area contributed by atoms with Crippen LogP contribution in [0.1, 0.15) is 40.0 Å². The van der Waals surface area contributed by atoms with Crippen LogP contribution in [0.15, 0.2) is 0 Å². The average Bonchev–Trinajstić information content (AvgIpc) is 2.49. The quantitative estimate of drug-likeness (QED) is 0.617. The number of carbonyl (C=O) groups excluding carboxylic acids is 1. The summed E-state index contributed by atoms with van der Waals surface area (Å²) in [5.74, 6) is 1.26. The molecule has 130 valence electrons. The van der Waals surface area contributed by atoms with Crippen LogP contribution in [0.5, 0.6) is 0 Å². The van der Waals surface area contributed by atoms with Crippen LogP contribution >= 0.6 is 0 Å².